The molecule has 188 valence electrons. The third kappa shape index (κ3) is 4.92. The number of carbonyl (C=O) groups is 3. The topological polar surface area (TPSA) is 108 Å². The second-order valence-corrected chi connectivity index (χ2v) is 10.2. The first-order chi connectivity index (χ1) is 15.9. The molecule has 0 aliphatic carbocycles. The summed E-state index contributed by atoms with van der Waals surface area (Å²) in [7, 11) is 0. The molecule has 3 aliphatic rings. The first-order valence-electron chi connectivity index (χ1n) is 13.0. The van der Waals surface area contributed by atoms with Gasteiger partial charge in [-0.3, -0.25) is 14.4 Å². The average Bonchev–Trinajstić information content (AvgIpc) is 3.36. The molecule has 3 N–H and O–H groups in total. The highest BCUT2D eigenvalue weighted by atomic mass is 16.5. The van der Waals surface area contributed by atoms with E-state index in [4.69, 9.17) is 9.84 Å². The fourth-order valence-corrected chi connectivity index (χ4v) is 6.16. The van der Waals surface area contributed by atoms with Crippen LogP contribution in [0.4, 0.5) is 0 Å². The van der Waals surface area contributed by atoms with Gasteiger partial charge in [0.05, 0.1) is 17.4 Å². The summed E-state index contributed by atoms with van der Waals surface area (Å²) in [6.45, 7) is 7.83. The summed E-state index contributed by atoms with van der Waals surface area (Å²) in [6, 6.07) is -0.694. The number of likely N-dealkylation sites (tertiary alicyclic amines) is 1. The predicted molar refractivity (Wildman–Crippen MR) is 125 cm³/mol. The molecule has 2 bridgehead atoms. The van der Waals surface area contributed by atoms with Gasteiger partial charge in [-0.1, -0.05) is 39.5 Å². The van der Waals surface area contributed by atoms with Gasteiger partial charge in [-0.05, 0) is 45.4 Å². The Kier molecular flexibility index (Phi) is 8.78. The molecule has 2 unspecified atom stereocenters. The number of unbranched alkanes of at least 4 members (excludes halogenated alkanes) is 5. The van der Waals surface area contributed by atoms with E-state index in [9.17, 15) is 14.4 Å². The molecule has 33 heavy (non-hydrogen) atoms. The van der Waals surface area contributed by atoms with Crippen LogP contribution in [-0.4, -0.2) is 71.2 Å². The first-order valence-corrected chi connectivity index (χ1v) is 13.0. The molecule has 1 spiro atoms. The first kappa shape index (κ1) is 25.9. The van der Waals surface area contributed by atoms with Crippen molar-refractivity contribution in [3.8, 4) is 0 Å². The number of amides is 3. The number of aliphatic hydroxyl groups is 1. The number of aliphatic hydroxyl groups excluding tert-OH is 1. The van der Waals surface area contributed by atoms with Gasteiger partial charge >= 0.3 is 0 Å². The van der Waals surface area contributed by atoms with Gasteiger partial charge in [0.1, 0.15) is 11.6 Å². The van der Waals surface area contributed by atoms with Crippen molar-refractivity contribution < 1.29 is 24.2 Å². The molecule has 0 aromatic carbocycles. The highest BCUT2D eigenvalue weighted by Crippen LogP contribution is 2.63. The quantitative estimate of drug-likeness (QED) is 0.341. The van der Waals surface area contributed by atoms with E-state index in [2.05, 4.69) is 17.6 Å². The molecule has 8 heteroatoms. The molecular weight excluding hydrogens is 422 g/mol. The lowest BCUT2D eigenvalue weighted by atomic mass is 9.66. The Morgan fingerprint density at radius 1 is 1.00 bits per heavy atom. The smallest absolute Gasteiger partial charge is 0.245 e. The zero-order valence-corrected chi connectivity index (χ0v) is 20.7. The SMILES string of the molecule is CCCCCNC(=O)C1N(CCCCCCO)C(=O)[C@@H]2[C@@H](C(=O)NCCC)[C@@]3(C)CCC12O3. The van der Waals surface area contributed by atoms with Crippen LogP contribution in [-0.2, 0) is 19.1 Å². The van der Waals surface area contributed by atoms with Crippen molar-refractivity contribution in [3.63, 3.8) is 0 Å². The van der Waals surface area contributed by atoms with Crippen LogP contribution in [0.15, 0.2) is 0 Å². The molecule has 5 atom stereocenters. The normalized spacial score (nSPS) is 32.3. The number of rotatable bonds is 14. The fourth-order valence-electron chi connectivity index (χ4n) is 6.16. The number of nitrogens with one attached hydrogen (secondary N) is 2. The zero-order chi connectivity index (χ0) is 24.1. The minimum absolute atomic E-state index is 0.120. The van der Waals surface area contributed by atoms with E-state index in [1.54, 1.807) is 4.90 Å². The summed E-state index contributed by atoms with van der Waals surface area (Å²) in [4.78, 5) is 42.1. The van der Waals surface area contributed by atoms with Crippen LogP contribution in [0.2, 0.25) is 0 Å². The Labute approximate surface area is 198 Å². The van der Waals surface area contributed by atoms with Crippen LogP contribution in [0.3, 0.4) is 0 Å². The molecule has 0 radical (unpaired) electrons. The Morgan fingerprint density at radius 3 is 2.42 bits per heavy atom. The van der Waals surface area contributed by atoms with Gasteiger partial charge in [0.2, 0.25) is 17.7 Å². The van der Waals surface area contributed by atoms with Gasteiger partial charge in [-0.25, -0.2) is 0 Å². The number of carbonyl (C=O) groups excluding carboxylic acids is 3. The lowest BCUT2D eigenvalue weighted by Crippen LogP contribution is -2.55. The molecule has 3 aliphatic heterocycles. The predicted octanol–water partition coefficient (Wildman–Crippen LogP) is 2.14. The molecular formula is C25H43N3O5. The summed E-state index contributed by atoms with van der Waals surface area (Å²) in [6.07, 6.45) is 8.39. The number of hydrogen-bond acceptors (Lipinski definition) is 5. The summed E-state index contributed by atoms with van der Waals surface area (Å²) in [5.74, 6) is -1.59. The molecule has 3 fully saturated rings. The third-order valence-electron chi connectivity index (χ3n) is 7.74. The Morgan fingerprint density at radius 2 is 1.73 bits per heavy atom. The largest absolute Gasteiger partial charge is 0.396 e. The molecule has 0 aromatic heterocycles. The summed E-state index contributed by atoms with van der Waals surface area (Å²) in [5, 5.41) is 15.1. The maximum absolute atomic E-state index is 13.8. The highest BCUT2D eigenvalue weighted by Gasteiger charge is 2.77. The zero-order valence-electron chi connectivity index (χ0n) is 20.7. The van der Waals surface area contributed by atoms with Crippen molar-refractivity contribution in [2.75, 3.05) is 26.2 Å². The van der Waals surface area contributed by atoms with Gasteiger partial charge in [-0.2, -0.15) is 0 Å². The molecule has 3 rings (SSSR count). The van der Waals surface area contributed by atoms with E-state index < -0.39 is 29.1 Å². The molecule has 3 saturated heterocycles. The van der Waals surface area contributed by atoms with Gasteiger partial charge in [-0.15, -0.1) is 0 Å². The van der Waals surface area contributed by atoms with Gasteiger partial charge in [0.15, 0.2) is 0 Å². The number of nitrogens with zero attached hydrogens (tertiary/aromatic N) is 1. The second-order valence-electron chi connectivity index (χ2n) is 10.2. The highest BCUT2D eigenvalue weighted by molar-refractivity contribution is 5.99. The monoisotopic (exact) mass is 465 g/mol. The number of hydrogen-bond donors (Lipinski definition) is 3. The Hall–Kier alpha value is -1.67. The van der Waals surface area contributed by atoms with Crippen LogP contribution in [0, 0.1) is 11.8 Å². The van der Waals surface area contributed by atoms with E-state index in [-0.39, 0.29) is 24.3 Å². The van der Waals surface area contributed by atoms with E-state index in [0.717, 1.165) is 51.4 Å². The van der Waals surface area contributed by atoms with Crippen molar-refractivity contribution >= 4 is 17.7 Å². The third-order valence-corrected chi connectivity index (χ3v) is 7.74. The molecule has 0 aromatic rings. The molecule has 3 heterocycles. The van der Waals surface area contributed by atoms with Crippen LogP contribution in [0.5, 0.6) is 0 Å². The Balaban J connectivity index is 1.83. The van der Waals surface area contributed by atoms with Crippen LogP contribution in [0.1, 0.15) is 85.0 Å². The van der Waals surface area contributed by atoms with E-state index in [0.29, 0.717) is 32.5 Å². The number of fused-ring (bicyclic) bond motifs is 1. The van der Waals surface area contributed by atoms with Crippen LogP contribution >= 0.6 is 0 Å². The minimum atomic E-state index is -0.931. The number of ether oxygens (including phenoxy) is 1. The van der Waals surface area contributed by atoms with E-state index in [1.807, 2.05) is 13.8 Å². The van der Waals surface area contributed by atoms with Crippen LogP contribution < -0.4 is 10.6 Å². The maximum Gasteiger partial charge on any atom is 0.245 e. The van der Waals surface area contributed by atoms with Gasteiger partial charge < -0.3 is 25.4 Å². The molecule has 8 nitrogen and oxygen atoms in total. The summed E-state index contributed by atoms with van der Waals surface area (Å²) in [5.41, 5.74) is -1.65. The molecule has 0 saturated carbocycles. The van der Waals surface area contributed by atoms with Crippen molar-refractivity contribution in [2.45, 2.75) is 102 Å². The van der Waals surface area contributed by atoms with Gasteiger partial charge in [0.25, 0.3) is 0 Å². The van der Waals surface area contributed by atoms with Crippen molar-refractivity contribution in [1.29, 1.82) is 0 Å². The lowest BCUT2D eigenvalue weighted by Gasteiger charge is -2.33. The maximum atomic E-state index is 13.8. The van der Waals surface area contributed by atoms with Gasteiger partial charge in [0, 0.05) is 26.2 Å². The van der Waals surface area contributed by atoms with Crippen LogP contribution in [0.25, 0.3) is 0 Å². The molecule has 3 amide bonds. The second kappa shape index (κ2) is 11.2. The fraction of sp³-hybridized carbons (Fsp3) is 0.880. The average molecular weight is 466 g/mol. The summed E-state index contributed by atoms with van der Waals surface area (Å²) < 4.78 is 6.57. The standard InChI is InChI=1S/C25H43N3O5/c1-4-6-9-15-27-22(31)20-25-13-12-24(3,33-25)18(21(30)26-14-5-2)19(25)23(32)28(20)16-10-7-8-11-17-29/h18-20,29H,4-17H2,1-3H3,(H,26,30)(H,27,31)/t18-,19-,20?,24+,25?/m0/s1. The van der Waals surface area contributed by atoms with Crippen molar-refractivity contribution in [3.05, 3.63) is 0 Å². The van der Waals surface area contributed by atoms with E-state index in [1.165, 1.54) is 0 Å². The van der Waals surface area contributed by atoms with E-state index >= 15 is 0 Å². The minimum Gasteiger partial charge on any atom is -0.396 e. The summed E-state index contributed by atoms with van der Waals surface area (Å²) >= 11 is 0. The van der Waals surface area contributed by atoms with Crippen molar-refractivity contribution in [1.82, 2.24) is 15.5 Å². The Bertz CT molecular complexity index is 716. The van der Waals surface area contributed by atoms with Crippen molar-refractivity contribution in [2.24, 2.45) is 11.8 Å². The lowest BCUT2D eigenvalue weighted by molar-refractivity contribution is -0.146.